The Morgan fingerprint density at radius 3 is 2.32 bits per heavy atom. The van der Waals surface area contributed by atoms with E-state index in [0.29, 0.717) is 13.2 Å². The van der Waals surface area contributed by atoms with E-state index >= 15 is 0 Å². The summed E-state index contributed by atoms with van der Waals surface area (Å²) in [5, 5.41) is 6.45. The standard InChI is InChI=1S/C16H27N3O2.HI/c1-5-18-16(17-4)19-11-10-13-8-9-14(20-6-2)15(12-13)21-7-3;/h8-9,12H,5-7,10-11H2,1-4H3,(H2,17,18,19);1H. The van der Waals surface area contributed by atoms with Crippen LogP contribution in [0.5, 0.6) is 11.5 Å². The van der Waals surface area contributed by atoms with E-state index in [2.05, 4.69) is 21.7 Å². The van der Waals surface area contributed by atoms with Crippen LogP contribution in [-0.2, 0) is 6.42 Å². The van der Waals surface area contributed by atoms with E-state index in [9.17, 15) is 0 Å². The highest BCUT2D eigenvalue weighted by atomic mass is 127. The van der Waals surface area contributed by atoms with Crippen LogP contribution in [0.25, 0.3) is 0 Å². The molecule has 0 atom stereocenters. The van der Waals surface area contributed by atoms with Crippen molar-refractivity contribution in [2.75, 3.05) is 33.4 Å². The molecule has 0 amide bonds. The zero-order valence-electron chi connectivity index (χ0n) is 13.9. The summed E-state index contributed by atoms with van der Waals surface area (Å²) in [6.45, 7) is 8.95. The monoisotopic (exact) mass is 421 g/mol. The molecule has 0 aromatic heterocycles. The van der Waals surface area contributed by atoms with Crippen molar-refractivity contribution in [3.8, 4) is 11.5 Å². The van der Waals surface area contributed by atoms with Crippen LogP contribution in [0.3, 0.4) is 0 Å². The fraction of sp³-hybridized carbons (Fsp3) is 0.562. The second-order valence-electron chi connectivity index (χ2n) is 4.43. The number of nitrogens with zero attached hydrogens (tertiary/aromatic N) is 1. The first-order chi connectivity index (χ1) is 10.2. The number of benzene rings is 1. The highest BCUT2D eigenvalue weighted by molar-refractivity contribution is 14.0. The van der Waals surface area contributed by atoms with E-state index in [0.717, 1.165) is 37.0 Å². The molecule has 0 radical (unpaired) electrons. The summed E-state index contributed by atoms with van der Waals surface area (Å²) in [5.41, 5.74) is 1.21. The maximum Gasteiger partial charge on any atom is 0.190 e. The Hall–Kier alpha value is -1.18. The quantitative estimate of drug-likeness (QED) is 0.385. The molecule has 0 saturated carbocycles. The predicted molar refractivity (Wildman–Crippen MR) is 103 cm³/mol. The Bertz CT molecular complexity index is 453. The van der Waals surface area contributed by atoms with Gasteiger partial charge in [-0.15, -0.1) is 24.0 Å². The van der Waals surface area contributed by atoms with Crippen LogP contribution < -0.4 is 20.1 Å². The molecule has 0 unspecified atom stereocenters. The van der Waals surface area contributed by atoms with Gasteiger partial charge in [0.2, 0.25) is 0 Å². The molecule has 2 N–H and O–H groups in total. The normalized spacial score (nSPS) is 10.6. The highest BCUT2D eigenvalue weighted by Crippen LogP contribution is 2.28. The minimum atomic E-state index is 0. The van der Waals surface area contributed by atoms with E-state index in [1.165, 1.54) is 5.56 Å². The van der Waals surface area contributed by atoms with E-state index in [4.69, 9.17) is 9.47 Å². The van der Waals surface area contributed by atoms with Crippen LogP contribution >= 0.6 is 24.0 Å². The average Bonchev–Trinajstić information content (AvgIpc) is 2.49. The van der Waals surface area contributed by atoms with Gasteiger partial charge in [-0.2, -0.15) is 0 Å². The van der Waals surface area contributed by atoms with Crippen LogP contribution in [0.2, 0.25) is 0 Å². The maximum absolute atomic E-state index is 5.64. The van der Waals surface area contributed by atoms with Crippen molar-refractivity contribution in [2.45, 2.75) is 27.2 Å². The summed E-state index contributed by atoms with van der Waals surface area (Å²) in [7, 11) is 1.77. The number of ether oxygens (including phenoxy) is 2. The van der Waals surface area contributed by atoms with Crippen LogP contribution in [0.4, 0.5) is 0 Å². The largest absolute Gasteiger partial charge is 0.490 e. The smallest absolute Gasteiger partial charge is 0.190 e. The summed E-state index contributed by atoms with van der Waals surface area (Å²) in [4.78, 5) is 4.14. The van der Waals surface area contributed by atoms with Crippen LogP contribution in [-0.4, -0.2) is 39.3 Å². The minimum Gasteiger partial charge on any atom is -0.490 e. The topological polar surface area (TPSA) is 54.9 Å². The fourth-order valence-electron chi connectivity index (χ4n) is 1.96. The second kappa shape index (κ2) is 12.4. The molecule has 0 heterocycles. The van der Waals surface area contributed by atoms with Crippen LogP contribution in [0.1, 0.15) is 26.3 Å². The SMILES string of the molecule is CCNC(=NC)NCCc1ccc(OCC)c(OCC)c1.I. The lowest BCUT2D eigenvalue weighted by molar-refractivity contribution is 0.287. The molecule has 5 nitrogen and oxygen atoms in total. The molecule has 0 bridgehead atoms. The summed E-state index contributed by atoms with van der Waals surface area (Å²) in [6.07, 6.45) is 0.900. The van der Waals surface area contributed by atoms with Crippen molar-refractivity contribution in [1.82, 2.24) is 10.6 Å². The Labute approximate surface area is 150 Å². The van der Waals surface area contributed by atoms with Gasteiger partial charge in [0.05, 0.1) is 13.2 Å². The molecule has 1 rings (SSSR count). The highest BCUT2D eigenvalue weighted by Gasteiger charge is 2.06. The zero-order chi connectivity index (χ0) is 15.5. The lowest BCUT2D eigenvalue weighted by atomic mass is 10.1. The first kappa shape index (κ1) is 20.8. The summed E-state index contributed by atoms with van der Waals surface area (Å²) < 4.78 is 11.2. The van der Waals surface area contributed by atoms with Crippen LogP contribution in [0.15, 0.2) is 23.2 Å². The number of hydrogen-bond acceptors (Lipinski definition) is 3. The van der Waals surface area contributed by atoms with E-state index < -0.39 is 0 Å². The number of guanidine groups is 1. The number of halogens is 1. The molecule has 0 aliphatic carbocycles. The van der Waals surface area contributed by atoms with Gasteiger partial charge in [-0.1, -0.05) is 6.07 Å². The van der Waals surface area contributed by atoms with Gasteiger partial charge in [0.15, 0.2) is 17.5 Å². The second-order valence-corrected chi connectivity index (χ2v) is 4.43. The van der Waals surface area contributed by atoms with Crippen molar-refractivity contribution in [1.29, 1.82) is 0 Å². The summed E-state index contributed by atoms with van der Waals surface area (Å²) >= 11 is 0. The molecule has 0 aliphatic heterocycles. The molecular weight excluding hydrogens is 393 g/mol. The third-order valence-electron chi connectivity index (χ3n) is 2.88. The maximum atomic E-state index is 5.64. The molecule has 0 saturated heterocycles. The number of nitrogens with one attached hydrogen (secondary N) is 2. The van der Waals surface area contributed by atoms with Crippen molar-refractivity contribution in [2.24, 2.45) is 4.99 Å². The minimum absolute atomic E-state index is 0. The first-order valence-electron chi connectivity index (χ1n) is 7.58. The van der Waals surface area contributed by atoms with Gasteiger partial charge in [-0.05, 0) is 44.9 Å². The zero-order valence-corrected chi connectivity index (χ0v) is 16.3. The van der Waals surface area contributed by atoms with Gasteiger partial charge >= 0.3 is 0 Å². The predicted octanol–water partition coefficient (Wildman–Crippen LogP) is 2.83. The molecule has 0 aliphatic rings. The van der Waals surface area contributed by atoms with Crippen molar-refractivity contribution in [3.63, 3.8) is 0 Å². The fourth-order valence-corrected chi connectivity index (χ4v) is 1.96. The molecule has 0 fully saturated rings. The molecule has 1 aromatic rings. The molecule has 6 heteroatoms. The van der Waals surface area contributed by atoms with Crippen molar-refractivity contribution in [3.05, 3.63) is 23.8 Å². The molecular formula is C16H28IN3O2. The summed E-state index contributed by atoms with van der Waals surface area (Å²) in [6, 6.07) is 6.10. The lowest BCUT2D eigenvalue weighted by Gasteiger charge is -2.13. The van der Waals surface area contributed by atoms with Crippen LogP contribution in [0, 0.1) is 0 Å². The van der Waals surface area contributed by atoms with Gasteiger partial charge in [-0.3, -0.25) is 4.99 Å². The van der Waals surface area contributed by atoms with Gasteiger partial charge in [0.1, 0.15) is 0 Å². The Morgan fingerprint density at radius 1 is 1.05 bits per heavy atom. The molecule has 0 spiro atoms. The van der Waals surface area contributed by atoms with Gasteiger partial charge in [-0.25, -0.2) is 0 Å². The van der Waals surface area contributed by atoms with Crippen molar-refractivity contribution < 1.29 is 9.47 Å². The lowest BCUT2D eigenvalue weighted by Crippen LogP contribution is -2.38. The summed E-state index contributed by atoms with van der Waals surface area (Å²) in [5.74, 6) is 2.45. The van der Waals surface area contributed by atoms with Gasteiger partial charge in [0.25, 0.3) is 0 Å². The third kappa shape index (κ3) is 7.20. The van der Waals surface area contributed by atoms with E-state index in [1.54, 1.807) is 7.05 Å². The van der Waals surface area contributed by atoms with Gasteiger partial charge < -0.3 is 20.1 Å². The number of rotatable bonds is 8. The molecule has 1 aromatic carbocycles. The van der Waals surface area contributed by atoms with E-state index in [1.807, 2.05) is 32.9 Å². The molecule has 22 heavy (non-hydrogen) atoms. The Kier molecular flexibility index (Phi) is 11.7. The van der Waals surface area contributed by atoms with Crippen molar-refractivity contribution >= 4 is 29.9 Å². The number of hydrogen-bond donors (Lipinski definition) is 2. The molecule has 126 valence electrons. The van der Waals surface area contributed by atoms with Gasteiger partial charge in [0, 0.05) is 20.1 Å². The number of aliphatic imine (C=N–C) groups is 1. The Morgan fingerprint density at radius 2 is 1.73 bits per heavy atom. The first-order valence-corrected chi connectivity index (χ1v) is 7.58. The third-order valence-corrected chi connectivity index (χ3v) is 2.88. The average molecular weight is 421 g/mol. The Balaban J connectivity index is 0.00000441. The van der Waals surface area contributed by atoms with E-state index in [-0.39, 0.29) is 24.0 Å².